The van der Waals surface area contributed by atoms with Gasteiger partial charge in [-0.15, -0.1) is 0 Å². The van der Waals surface area contributed by atoms with E-state index < -0.39 is 18.3 Å². The molecular weight excluding hydrogens is 1200 g/mol. The minimum atomic E-state index is -0.962. The highest BCUT2D eigenvalue weighted by atomic mass is 16.6. The summed E-state index contributed by atoms with van der Waals surface area (Å²) in [6, 6.07) is 65.3. The maximum atomic E-state index is 11.4. The summed E-state index contributed by atoms with van der Waals surface area (Å²) in [6.07, 6.45) is -1.97. The molecule has 0 amide bonds. The molecule has 0 spiro atoms. The van der Waals surface area contributed by atoms with Crippen molar-refractivity contribution in [1.82, 2.24) is 0 Å². The zero-order valence-electron chi connectivity index (χ0n) is 53.2. The number of epoxide rings is 4. The fourth-order valence-corrected chi connectivity index (χ4v) is 11.3. The minimum absolute atomic E-state index is 0.0158. The molecule has 4 aliphatic heterocycles. The van der Waals surface area contributed by atoms with Crippen molar-refractivity contribution in [2.24, 2.45) is 0 Å². The van der Waals surface area contributed by atoms with E-state index in [1.807, 2.05) is 111 Å². The molecule has 3 N–H and O–H groups in total. The number of benzene rings is 8. The number of hydrogen-bond donors (Lipinski definition) is 3. The highest BCUT2D eigenvalue weighted by molar-refractivity contribution is 5.51. The molecule has 4 fully saturated rings. The number of hydrogen-bond acceptors (Lipinski definition) is 17. The summed E-state index contributed by atoms with van der Waals surface area (Å²) < 4.78 is 81.4. The molecule has 12 rings (SSSR count). The normalized spacial score (nSPS) is 19.1. The van der Waals surface area contributed by atoms with Crippen molar-refractivity contribution < 1.29 is 81.6 Å². The van der Waals surface area contributed by atoms with Gasteiger partial charge in [0, 0.05) is 36.9 Å². The Morgan fingerprint density at radius 1 is 0.266 bits per heavy atom. The van der Waals surface area contributed by atoms with Crippen LogP contribution in [0.1, 0.15) is 82.0 Å². The molecule has 494 valence electrons. The van der Waals surface area contributed by atoms with E-state index in [1.54, 1.807) is 0 Å². The smallest absolute Gasteiger partial charge is 0.122 e. The van der Waals surface area contributed by atoms with E-state index >= 15 is 0 Å². The number of ether oxygens (including phenoxy) is 14. The summed E-state index contributed by atoms with van der Waals surface area (Å²) in [7, 11) is 0. The SMILES string of the molecule is CCOCC(O)COc1ccc(C(c2ccc(OCC(O)COc3ccc(C(c4ccc(OCC(O)COCC)cc4)C(c4ccc(OCC5CO5)cc4)c4ccc(OCC5CO5)cc4)cc3)cc2)C(c2ccc(OCC3CO3)cc2)c2ccc(OCC3CO3)cc2)cc1. The van der Waals surface area contributed by atoms with Crippen LogP contribution in [0, 0.1) is 0 Å². The molecule has 17 heteroatoms. The topological polar surface area (TPSA) is 203 Å². The van der Waals surface area contributed by atoms with Gasteiger partial charge < -0.3 is 81.6 Å². The van der Waals surface area contributed by atoms with Gasteiger partial charge in [0.25, 0.3) is 0 Å². The van der Waals surface area contributed by atoms with E-state index in [2.05, 4.69) is 97.1 Å². The highest BCUT2D eigenvalue weighted by Crippen LogP contribution is 2.47. The van der Waals surface area contributed by atoms with Gasteiger partial charge in [-0.25, -0.2) is 0 Å². The van der Waals surface area contributed by atoms with Crippen LogP contribution in [0.5, 0.6) is 46.0 Å². The number of rotatable bonds is 40. The van der Waals surface area contributed by atoms with Crippen LogP contribution in [0.4, 0.5) is 0 Å². The first kappa shape index (κ1) is 65.8. The van der Waals surface area contributed by atoms with Crippen molar-refractivity contribution in [2.75, 3.05) is 106 Å². The summed E-state index contributed by atoms with van der Waals surface area (Å²) in [4.78, 5) is 0. The first-order chi connectivity index (χ1) is 46.2. The third-order valence-electron chi connectivity index (χ3n) is 16.7. The summed E-state index contributed by atoms with van der Waals surface area (Å²) in [5.41, 5.74) is 8.42. The molecule has 0 aliphatic carbocycles. The molecule has 0 saturated carbocycles. The molecule has 4 aliphatic rings. The van der Waals surface area contributed by atoms with Crippen molar-refractivity contribution in [2.45, 2.75) is 80.2 Å². The Morgan fingerprint density at radius 3 is 0.585 bits per heavy atom. The van der Waals surface area contributed by atoms with Gasteiger partial charge in [-0.3, -0.25) is 0 Å². The lowest BCUT2D eigenvalue weighted by Gasteiger charge is -2.30. The second-order valence-electron chi connectivity index (χ2n) is 24.1. The second kappa shape index (κ2) is 32.8. The molecule has 4 heterocycles. The fourth-order valence-electron chi connectivity index (χ4n) is 11.3. The van der Waals surface area contributed by atoms with Crippen LogP contribution in [0.25, 0.3) is 0 Å². The van der Waals surface area contributed by atoms with Gasteiger partial charge in [0.1, 0.15) is 142 Å². The molecule has 94 heavy (non-hydrogen) atoms. The zero-order valence-corrected chi connectivity index (χ0v) is 53.2. The number of aliphatic hydroxyl groups is 3. The largest absolute Gasteiger partial charge is 0.491 e. The van der Waals surface area contributed by atoms with E-state index in [9.17, 15) is 15.3 Å². The standard InChI is InChI=1S/C77H84O17/c1-3-81-37-59(78)39-83-62-21-5-51(6-22-62)74(76(55-13-29-66(30-14-55)87-43-70-47-91-70)56-15-31-67(32-16-56)88-44-71-48-92-71)53-9-25-64(26-10-53)85-41-61(80)42-86-65-27-11-54(12-28-65)75(52-7-23-63(24-8-52)84-40-60(79)38-82-4-2)77(57-17-33-68(34-18-57)89-45-72-49-93-72)58-19-35-69(36-20-58)90-46-73-50-94-73/h5-36,59-61,70-80H,3-4,37-50H2,1-2H3. The zero-order chi connectivity index (χ0) is 64.4. The van der Waals surface area contributed by atoms with Crippen LogP contribution >= 0.6 is 0 Å². The van der Waals surface area contributed by atoms with Crippen LogP contribution in [0.15, 0.2) is 194 Å². The van der Waals surface area contributed by atoms with Gasteiger partial charge in [0.05, 0.1) is 39.6 Å². The molecule has 8 aromatic carbocycles. The lowest BCUT2D eigenvalue weighted by Crippen LogP contribution is -2.25. The molecule has 0 bridgehead atoms. The molecular formula is C77H84O17. The van der Waals surface area contributed by atoms with Crippen LogP contribution in [-0.2, 0) is 28.4 Å². The molecule has 4 saturated heterocycles. The second-order valence-corrected chi connectivity index (χ2v) is 24.1. The van der Waals surface area contributed by atoms with Crippen molar-refractivity contribution in [3.8, 4) is 46.0 Å². The van der Waals surface area contributed by atoms with E-state index in [1.165, 1.54) is 0 Å². The molecule has 8 atom stereocenters. The van der Waals surface area contributed by atoms with Crippen LogP contribution in [0.2, 0.25) is 0 Å². The third-order valence-corrected chi connectivity index (χ3v) is 16.7. The van der Waals surface area contributed by atoms with E-state index in [4.69, 9.17) is 66.3 Å². The van der Waals surface area contributed by atoms with Crippen molar-refractivity contribution in [1.29, 1.82) is 0 Å². The first-order valence-corrected chi connectivity index (χ1v) is 32.6. The fraction of sp³-hybridized carbons (Fsp3) is 0.377. The number of aliphatic hydroxyl groups excluding tert-OH is 3. The van der Waals surface area contributed by atoms with Crippen molar-refractivity contribution in [3.05, 3.63) is 239 Å². The quantitative estimate of drug-likeness (QED) is 0.0306. The maximum absolute atomic E-state index is 11.4. The Kier molecular flexibility index (Phi) is 23.0. The van der Waals surface area contributed by atoms with Gasteiger partial charge in [-0.05, 0) is 155 Å². The van der Waals surface area contributed by atoms with Crippen LogP contribution in [-0.4, -0.2) is 164 Å². The average Bonchev–Trinajstić information content (AvgIpc) is 1.30. The average molecular weight is 1280 g/mol. The van der Waals surface area contributed by atoms with Crippen LogP contribution in [0.3, 0.4) is 0 Å². The lowest BCUT2D eigenvalue weighted by molar-refractivity contribution is 0.0164. The third kappa shape index (κ3) is 19.5. The molecule has 8 aromatic rings. The minimum Gasteiger partial charge on any atom is -0.491 e. The summed E-state index contributed by atoms with van der Waals surface area (Å²) in [5.74, 6) is 4.69. The molecule has 0 aromatic heterocycles. The Morgan fingerprint density at radius 2 is 0.426 bits per heavy atom. The summed E-state index contributed by atoms with van der Waals surface area (Å²) >= 11 is 0. The van der Waals surface area contributed by atoms with Crippen molar-refractivity contribution in [3.63, 3.8) is 0 Å². The Bertz CT molecular complexity index is 3170. The molecule has 8 unspecified atom stereocenters. The van der Waals surface area contributed by atoms with Crippen LogP contribution < -0.4 is 37.9 Å². The Balaban J connectivity index is 0.759. The van der Waals surface area contributed by atoms with E-state index in [0.29, 0.717) is 89.1 Å². The van der Waals surface area contributed by atoms with Gasteiger partial charge >= 0.3 is 0 Å². The predicted molar refractivity (Wildman–Crippen MR) is 353 cm³/mol. The van der Waals surface area contributed by atoms with Gasteiger partial charge in [-0.1, -0.05) is 97.1 Å². The van der Waals surface area contributed by atoms with E-state index in [0.717, 1.165) is 67.5 Å². The Hall–Kier alpha value is -8.20. The molecule has 0 radical (unpaired) electrons. The lowest BCUT2D eigenvalue weighted by atomic mass is 9.73. The summed E-state index contributed by atoms with van der Waals surface area (Å²) in [6.45, 7) is 10.2. The predicted octanol–water partition coefficient (Wildman–Crippen LogP) is 11.1. The first-order valence-electron chi connectivity index (χ1n) is 32.6. The van der Waals surface area contributed by atoms with E-state index in [-0.39, 0.29) is 87.7 Å². The summed E-state index contributed by atoms with van der Waals surface area (Å²) in [5, 5.41) is 32.4. The van der Waals surface area contributed by atoms with Gasteiger partial charge in [0.15, 0.2) is 0 Å². The Labute approximate surface area is 549 Å². The van der Waals surface area contributed by atoms with Crippen molar-refractivity contribution >= 4 is 0 Å². The van der Waals surface area contributed by atoms with Gasteiger partial charge in [-0.2, -0.15) is 0 Å². The van der Waals surface area contributed by atoms with Gasteiger partial charge in [0.2, 0.25) is 0 Å². The highest BCUT2D eigenvalue weighted by Gasteiger charge is 2.33. The maximum Gasteiger partial charge on any atom is 0.122 e. The monoisotopic (exact) mass is 1280 g/mol. The molecule has 17 nitrogen and oxygen atoms in total.